The molecular formula is C19H21NO3. The Morgan fingerprint density at radius 1 is 1.09 bits per heavy atom. The van der Waals surface area contributed by atoms with Gasteiger partial charge in [0.05, 0.1) is 0 Å². The number of nitrogens with one attached hydrogen (secondary N) is 1. The zero-order chi connectivity index (χ0) is 16.8. The Balaban J connectivity index is 1.90. The molecule has 0 saturated heterocycles. The minimum atomic E-state index is -0.265. The molecule has 0 spiro atoms. The average Bonchev–Trinajstić information content (AvgIpc) is 2.53. The molecule has 0 atom stereocenters. The number of Topliss-reactive ketones (excluding diaryl/α,β-unsaturated/α-hetero) is 1. The fourth-order valence-corrected chi connectivity index (χ4v) is 2.11. The molecule has 2 aromatic rings. The lowest BCUT2D eigenvalue weighted by Crippen LogP contribution is -2.20. The Labute approximate surface area is 136 Å². The minimum Gasteiger partial charge on any atom is -0.484 e. The highest BCUT2D eigenvalue weighted by atomic mass is 16.5. The van der Waals surface area contributed by atoms with Gasteiger partial charge < -0.3 is 10.1 Å². The van der Waals surface area contributed by atoms with Crippen LogP contribution in [0.1, 0.15) is 42.6 Å². The van der Waals surface area contributed by atoms with Crippen LogP contribution in [0.25, 0.3) is 0 Å². The first-order valence-corrected chi connectivity index (χ1v) is 7.59. The Bertz CT molecular complexity index is 690. The molecule has 1 amide bonds. The van der Waals surface area contributed by atoms with Crippen LogP contribution in [-0.4, -0.2) is 18.3 Å². The summed E-state index contributed by atoms with van der Waals surface area (Å²) >= 11 is 0. The molecule has 0 aliphatic carbocycles. The highest BCUT2D eigenvalue weighted by Crippen LogP contribution is 2.18. The van der Waals surface area contributed by atoms with Crippen LogP contribution < -0.4 is 10.1 Å². The highest BCUT2D eigenvalue weighted by Gasteiger charge is 2.06. The van der Waals surface area contributed by atoms with Crippen LogP contribution in [0.5, 0.6) is 5.75 Å². The topological polar surface area (TPSA) is 55.4 Å². The number of rotatable bonds is 6. The van der Waals surface area contributed by atoms with Crippen molar-refractivity contribution in [3.8, 4) is 5.75 Å². The number of hydrogen-bond donors (Lipinski definition) is 1. The summed E-state index contributed by atoms with van der Waals surface area (Å²) in [4.78, 5) is 23.3. The third-order valence-corrected chi connectivity index (χ3v) is 3.47. The molecule has 2 aromatic carbocycles. The predicted octanol–water partition coefficient (Wildman–Crippen LogP) is 4.03. The van der Waals surface area contributed by atoms with E-state index in [9.17, 15) is 9.59 Å². The van der Waals surface area contributed by atoms with Crippen molar-refractivity contribution in [3.05, 3.63) is 59.7 Å². The van der Waals surface area contributed by atoms with E-state index in [-0.39, 0.29) is 18.3 Å². The summed E-state index contributed by atoms with van der Waals surface area (Å²) in [6.07, 6.45) is 0. The minimum absolute atomic E-state index is 0.0393. The Morgan fingerprint density at radius 3 is 2.39 bits per heavy atom. The Kier molecular flexibility index (Phi) is 5.52. The monoisotopic (exact) mass is 311 g/mol. The van der Waals surface area contributed by atoms with E-state index < -0.39 is 0 Å². The van der Waals surface area contributed by atoms with Crippen LogP contribution in [0.2, 0.25) is 0 Å². The average molecular weight is 311 g/mol. The van der Waals surface area contributed by atoms with Gasteiger partial charge in [-0.1, -0.05) is 38.1 Å². The molecule has 23 heavy (non-hydrogen) atoms. The SMILES string of the molecule is CC(=O)c1cccc(NC(=O)COc2ccc(C(C)C)cc2)c1. The second kappa shape index (κ2) is 7.58. The maximum absolute atomic E-state index is 11.9. The van der Waals surface area contributed by atoms with E-state index in [2.05, 4.69) is 19.2 Å². The first-order chi connectivity index (χ1) is 11.0. The summed E-state index contributed by atoms with van der Waals surface area (Å²) in [6, 6.07) is 14.5. The largest absolute Gasteiger partial charge is 0.484 e. The first-order valence-electron chi connectivity index (χ1n) is 7.59. The van der Waals surface area contributed by atoms with Gasteiger partial charge in [-0.2, -0.15) is 0 Å². The molecule has 0 aromatic heterocycles. The highest BCUT2D eigenvalue weighted by molar-refractivity contribution is 5.97. The van der Waals surface area contributed by atoms with Gasteiger partial charge in [-0.15, -0.1) is 0 Å². The third kappa shape index (κ3) is 4.95. The van der Waals surface area contributed by atoms with Gasteiger partial charge in [0.1, 0.15) is 5.75 Å². The summed E-state index contributed by atoms with van der Waals surface area (Å²) in [5, 5.41) is 2.72. The number of benzene rings is 2. The lowest BCUT2D eigenvalue weighted by molar-refractivity contribution is -0.118. The zero-order valence-corrected chi connectivity index (χ0v) is 13.6. The van der Waals surface area contributed by atoms with Crippen LogP contribution in [0.4, 0.5) is 5.69 Å². The Morgan fingerprint density at radius 2 is 1.78 bits per heavy atom. The van der Waals surface area contributed by atoms with Gasteiger partial charge in [-0.25, -0.2) is 0 Å². The van der Waals surface area contributed by atoms with Gasteiger partial charge in [0.25, 0.3) is 5.91 Å². The van der Waals surface area contributed by atoms with Crippen LogP contribution in [0, 0.1) is 0 Å². The molecule has 0 unspecified atom stereocenters. The van der Waals surface area contributed by atoms with E-state index in [1.165, 1.54) is 12.5 Å². The standard InChI is InChI=1S/C19H21NO3/c1-13(2)15-7-9-18(10-8-15)23-12-19(22)20-17-6-4-5-16(11-17)14(3)21/h4-11,13H,12H2,1-3H3,(H,20,22). The molecule has 4 nitrogen and oxygen atoms in total. The van der Waals surface area contributed by atoms with Gasteiger partial charge >= 0.3 is 0 Å². The lowest BCUT2D eigenvalue weighted by atomic mass is 10.0. The van der Waals surface area contributed by atoms with Gasteiger partial charge in [0.2, 0.25) is 0 Å². The van der Waals surface area contributed by atoms with Crippen LogP contribution in [-0.2, 0) is 4.79 Å². The van der Waals surface area contributed by atoms with Crippen LogP contribution >= 0.6 is 0 Å². The fraction of sp³-hybridized carbons (Fsp3) is 0.263. The van der Waals surface area contributed by atoms with Crippen molar-refractivity contribution in [2.24, 2.45) is 0 Å². The molecule has 120 valence electrons. The number of carbonyl (C=O) groups is 2. The summed E-state index contributed by atoms with van der Waals surface area (Å²) in [5.74, 6) is 0.809. The smallest absolute Gasteiger partial charge is 0.262 e. The fourth-order valence-electron chi connectivity index (χ4n) is 2.11. The summed E-state index contributed by atoms with van der Waals surface area (Å²) in [5.41, 5.74) is 2.37. The number of amides is 1. The number of ketones is 1. The van der Waals surface area contributed by atoms with Crippen molar-refractivity contribution in [2.75, 3.05) is 11.9 Å². The van der Waals surface area contributed by atoms with Crippen molar-refractivity contribution in [2.45, 2.75) is 26.7 Å². The van der Waals surface area contributed by atoms with E-state index >= 15 is 0 Å². The molecule has 0 bridgehead atoms. The van der Waals surface area contributed by atoms with E-state index in [4.69, 9.17) is 4.74 Å². The molecule has 2 rings (SSSR count). The predicted molar refractivity (Wildman–Crippen MR) is 91.1 cm³/mol. The summed E-state index contributed by atoms with van der Waals surface area (Å²) in [6.45, 7) is 5.66. The summed E-state index contributed by atoms with van der Waals surface area (Å²) < 4.78 is 5.47. The maximum atomic E-state index is 11.9. The molecular weight excluding hydrogens is 290 g/mol. The zero-order valence-electron chi connectivity index (χ0n) is 13.6. The van der Waals surface area contributed by atoms with Gasteiger partial charge in [0, 0.05) is 11.3 Å². The van der Waals surface area contributed by atoms with Crippen LogP contribution in [0.15, 0.2) is 48.5 Å². The normalized spacial score (nSPS) is 10.4. The van der Waals surface area contributed by atoms with Gasteiger partial charge in [0.15, 0.2) is 12.4 Å². The second-order valence-corrected chi connectivity index (χ2v) is 5.70. The quantitative estimate of drug-likeness (QED) is 0.819. The van der Waals surface area contributed by atoms with Gasteiger partial charge in [-0.3, -0.25) is 9.59 Å². The van der Waals surface area contributed by atoms with E-state index in [1.54, 1.807) is 24.3 Å². The molecule has 0 aliphatic heterocycles. The maximum Gasteiger partial charge on any atom is 0.262 e. The molecule has 0 fully saturated rings. The molecule has 4 heteroatoms. The molecule has 0 radical (unpaired) electrons. The number of ether oxygens (including phenoxy) is 1. The van der Waals surface area contributed by atoms with E-state index in [0.717, 1.165) is 0 Å². The van der Waals surface area contributed by atoms with Crippen molar-refractivity contribution < 1.29 is 14.3 Å². The number of hydrogen-bond acceptors (Lipinski definition) is 3. The van der Waals surface area contributed by atoms with Gasteiger partial charge in [-0.05, 0) is 42.7 Å². The lowest BCUT2D eigenvalue weighted by Gasteiger charge is -2.10. The van der Waals surface area contributed by atoms with Crippen molar-refractivity contribution in [3.63, 3.8) is 0 Å². The second-order valence-electron chi connectivity index (χ2n) is 5.70. The number of carbonyl (C=O) groups excluding carboxylic acids is 2. The van der Waals surface area contributed by atoms with Crippen LogP contribution in [0.3, 0.4) is 0 Å². The molecule has 0 saturated carbocycles. The van der Waals surface area contributed by atoms with Crippen molar-refractivity contribution in [1.82, 2.24) is 0 Å². The van der Waals surface area contributed by atoms with E-state index in [0.29, 0.717) is 22.9 Å². The number of anilines is 1. The molecule has 0 heterocycles. The molecule has 1 N–H and O–H groups in total. The first kappa shape index (κ1) is 16.7. The van der Waals surface area contributed by atoms with Crippen molar-refractivity contribution in [1.29, 1.82) is 0 Å². The molecule has 0 aliphatic rings. The van der Waals surface area contributed by atoms with E-state index in [1.807, 2.05) is 24.3 Å². The third-order valence-electron chi connectivity index (χ3n) is 3.47. The summed E-state index contributed by atoms with van der Waals surface area (Å²) in [7, 11) is 0. The Hall–Kier alpha value is -2.62. The van der Waals surface area contributed by atoms with Crippen molar-refractivity contribution >= 4 is 17.4 Å².